The lowest BCUT2D eigenvalue weighted by Gasteiger charge is -2.66. The molecule has 0 aromatic heterocycles. The van der Waals surface area contributed by atoms with Crippen molar-refractivity contribution in [3.63, 3.8) is 0 Å². The normalized spacial score (nSPS) is 23.6. The van der Waals surface area contributed by atoms with Gasteiger partial charge in [-0.2, -0.15) is 0 Å². The van der Waals surface area contributed by atoms with Crippen LogP contribution >= 0.6 is 0 Å². The van der Waals surface area contributed by atoms with E-state index in [9.17, 15) is 0 Å². The fourth-order valence-electron chi connectivity index (χ4n) is 14.0. The molecule has 0 N–H and O–H groups in total. The van der Waals surface area contributed by atoms with Crippen molar-refractivity contribution >= 4 is 11.9 Å². The maximum atomic E-state index is 15.4. The number of benzene rings is 6. The highest BCUT2D eigenvalue weighted by Gasteiger charge is 2.77. The first-order valence-corrected chi connectivity index (χ1v) is 37.0. The van der Waals surface area contributed by atoms with Gasteiger partial charge in [-0.1, -0.05) is 13.8 Å². The largest absolute Gasteiger partial charge is 0.491 e. The van der Waals surface area contributed by atoms with E-state index in [0.29, 0.717) is 212 Å². The summed E-state index contributed by atoms with van der Waals surface area (Å²) in [4.78, 5) is 30.7. The van der Waals surface area contributed by atoms with Gasteiger partial charge in [0.25, 0.3) is 0 Å². The smallest absolute Gasteiger partial charge is 0.316 e. The van der Waals surface area contributed by atoms with Crippen LogP contribution in [0.15, 0.2) is 97.1 Å². The molecule has 1 fully saturated rings. The summed E-state index contributed by atoms with van der Waals surface area (Å²) in [6.07, 6.45) is 0. The van der Waals surface area contributed by atoms with Crippen LogP contribution in [-0.4, -0.2) is 223 Å². The second-order valence-electron chi connectivity index (χ2n) is 26.4. The van der Waals surface area contributed by atoms with Crippen LogP contribution in [-0.2, 0) is 104 Å². The minimum atomic E-state index is -1.26. The Balaban J connectivity index is 0.852. The zero-order valence-electron chi connectivity index (χ0n) is 61.3. The van der Waals surface area contributed by atoms with Crippen molar-refractivity contribution in [3.8, 4) is 80.5 Å². The molecule has 0 atom stereocenters. The molecular weight excluding hydrogens is 1410 g/mol. The number of hydrogen-bond acceptors (Lipinski definition) is 28. The first kappa shape index (κ1) is 77.5. The van der Waals surface area contributed by atoms with E-state index < -0.39 is 34.6 Å². The summed E-state index contributed by atoms with van der Waals surface area (Å²) in [6.45, 7) is 13.6. The predicted octanol–water partition coefficient (Wildman–Crippen LogP) is 8.59. The molecule has 13 rings (SSSR count). The zero-order chi connectivity index (χ0) is 74.0. The van der Waals surface area contributed by atoms with E-state index in [0.717, 1.165) is 0 Å². The minimum Gasteiger partial charge on any atom is -0.491 e. The third-order valence-corrected chi connectivity index (χ3v) is 18.8. The molecule has 6 aromatic carbocycles. The highest BCUT2D eigenvalue weighted by atomic mass is 16.6. The molecular formula is C80H96O28. The number of ether oxygens (including phenoxy) is 26. The lowest BCUT2D eigenvalue weighted by Crippen LogP contribution is -2.75. The summed E-state index contributed by atoms with van der Waals surface area (Å²) in [7, 11) is 0. The molecule has 7 aliphatic rings. The van der Waals surface area contributed by atoms with Crippen molar-refractivity contribution in [2.24, 2.45) is 11.8 Å². The van der Waals surface area contributed by atoms with Gasteiger partial charge in [0.2, 0.25) is 0 Å². The van der Waals surface area contributed by atoms with Crippen LogP contribution in [0.2, 0.25) is 0 Å². The molecule has 584 valence electrons. The summed E-state index contributed by atoms with van der Waals surface area (Å²) in [5, 5.41) is 0. The highest BCUT2D eigenvalue weighted by Crippen LogP contribution is 2.72. The lowest BCUT2D eigenvalue weighted by molar-refractivity contribution is -0.184. The maximum Gasteiger partial charge on any atom is 0.316 e. The Labute approximate surface area is 627 Å². The second kappa shape index (κ2) is 39.7. The summed E-state index contributed by atoms with van der Waals surface area (Å²) >= 11 is 0. The lowest BCUT2D eigenvalue weighted by atomic mass is 9.35. The number of fused-ring (bicyclic) bond motifs is 20. The average molecular weight is 1510 g/mol. The van der Waals surface area contributed by atoms with Crippen LogP contribution in [0.3, 0.4) is 0 Å². The first-order valence-electron chi connectivity index (χ1n) is 37.0. The minimum absolute atomic E-state index is 0.0273. The van der Waals surface area contributed by atoms with Gasteiger partial charge in [-0.3, -0.25) is 9.59 Å². The maximum absolute atomic E-state index is 15.4. The Hall–Kier alpha value is -8.62. The van der Waals surface area contributed by atoms with E-state index in [1.807, 2.05) is 62.4 Å². The first-order chi connectivity index (χ1) is 53.1. The third kappa shape index (κ3) is 21.0. The predicted molar refractivity (Wildman–Crippen MR) is 383 cm³/mol. The third-order valence-electron chi connectivity index (χ3n) is 18.8. The molecule has 108 heavy (non-hydrogen) atoms. The van der Waals surface area contributed by atoms with Gasteiger partial charge in [0, 0.05) is 58.4 Å². The second-order valence-corrected chi connectivity index (χ2v) is 26.4. The van der Waals surface area contributed by atoms with E-state index in [-0.39, 0.29) is 140 Å². The number of esters is 2. The SMILES string of the molecule is CC12c3cc4c(cc3OC(=O)C1C1(C)c3cc5c(cc3OC(=O)C21)OCc1cc2cc(c1)OCCOCCOCCOCCOc1cc(cc(c1)OCCOCCOCCOCCO2)CO5)OCc1cc2cc(c1)OCCOCCOCCOCCOc1cc(cc(c1)OCCOCCOCCOCCO2)CO4. The molecule has 0 unspecified atom stereocenters. The van der Waals surface area contributed by atoms with Gasteiger partial charge in [0.1, 0.15) is 137 Å². The van der Waals surface area contributed by atoms with Crippen LogP contribution in [0.4, 0.5) is 0 Å². The molecule has 6 aliphatic heterocycles. The zero-order valence-corrected chi connectivity index (χ0v) is 61.3. The summed E-state index contributed by atoms with van der Waals surface area (Å²) < 4.78 is 160. The topological polar surface area (TPSA) is 274 Å². The molecule has 1 aliphatic carbocycles. The van der Waals surface area contributed by atoms with E-state index in [4.69, 9.17) is 123 Å². The molecule has 6 aromatic rings. The van der Waals surface area contributed by atoms with Crippen LogP contribution < -0.4 is 66.3 Å². The van der Waals surface area contributed by atoms with Gasteiger partial charge in [0.15, 0.2) is 23.0 Å². The van der Waals surface area contributed by atoms with Gasteiger partial charge >= 0.3 is 11.9 Å². The highest BCUT2D eigenvalue weighted by molar-refractivity contribution is 5.95. The van der Waals surface area contributed by atoms with Crippen LogP contribution in [0.1, 0.15) is 47.2 Å². The van der Waals surface area contributed by atoms with Crippen molar-refractivity contribution < 1.29 is 133 Å². The number of carbonyl (C=O) groups excluding carboxylic acids is 2. The quantitative estimate of drug-likeness (QED) is 0.102. The molecule has 0 spiro atoms. The summed E-state index contributed by atoms with van der Waals surface area (Å²) in [6, 6.07) is 28.8. The number of rotatable bonds is 0. The van der Waals surface area contributed by atoms with Gasteiger partial charge in [-0.15, -0.1) is 0 Å². The molecule has 0 radical (unpaired) electrons. The van der Waals surface area contributed by atoms with Crippen molar-refractivity contribution in [2.45, 2.75) is 51.1 Å². The van der Waals surface area contributed by atoms with Gasteiger partial charge in [-0.25, -0.2) is 0 Å². The van der Waals surface area contributed by atoms with Crippen LogP contribution in [0.25, 0.3) is 0 Å². The Morgan fingerprint density at radius 3 is 0.583 bits per heavy atom. The van der Waals surface area contributed by atoms with E-state index in [2.05, 4.69) is 0 Å². The van der Waals surface area contributed by atoms with E-state index in [1.54, 1.807) is 48.5 Å². The Morgan fingerprint density at radius 2 is 0.389 bits per heavy atom. The fourth-order valence-corrected chi connectivity index (χ4v) is 14.0. The molecule has 6 heterocycles. The monoisotopic (exact) mass is 1500 g/mol. The van der Waals surface area contributed by atoms with Crippen LogP contribution in [0, 0.1) is 11.8 Å². The van der Waals surface area contributed by atoms with Crippen molar-refractivity contribution in [2.75, 3.05) is 211 Å². The van der Waals surface area contributed by atoms with Crippen LogP contribution in [0.5, 0.6) is 80.5 Å². The van der Waals surface area contributed by atoms with E-state index in [1.165, 1.54) is 0 Å². The standard InChI is InChI=1S/C80H96O28/c1-79-67-47-71-73(105-53-57-39-63-45-64(40-57)100-32-24-92-16-8-84-4-12-88-20-28-96-60-36-55(51-103-71)35-59(43-60)95-27-19-87-11-3-83-7-15-91-23-31-99-63)49-69(67)107-77(81)75(79)80(2)68-48-72-74(50-70(68)108-78(82)76(79)80)106-54-58-41-65-46-66(42-58)102-34-26-94-18-10-86-6-14-90-22-30-98-62-38-56(52-104-72)37-61(44-62)97-29-21-89-13-5-85-9-17-93-25-33-101-65/h35-50,75-76H,3-34,51-54H2,1-2H3. The average Bonchev–Trinajstić information content (AvgIpc) is 0.650. The molecule has 0 amide bonds. The van der Waals surface area contributed by atoms with Gasteiger partial charge < -0.3 is 123 Å². The number of hydrogen-bond donors (Lipinski definition) is 0. The van der Waals surface area contributed by atoms with Crippen molar-refractivity contribution in [1.29, 1.82) is 0 Å². The number of carbonyl (C=O) groups is 2. The molecule has 1 saturated carbocycles. The van der Waals surface area contributed by atoms with Crippen molar-refractivity contribution in [3.05, 3.63) is 130 Å². The fraction of sp³-hybridized carbons (Fsp3) is 0.525. The molecule has 12 bridgehead atoms. The van der Waals surface area contributed by atoms with E-state index >= 15 is 9.59 Å². The Morgan fingerprint density at radius 1 is 0.213 bits per heavy atom. The molecule has 28 heteroatoms. The van der Waals surface area contributed by atoms with Gasteiger partial charge in [-0.05, 0) is 82.9 Å². The summed E-state index contributed by atoms with van der Waals surface area (Å²) in [5.74, 6) is 2.29. The summed E-state index contributed by atoms with van der Waals surface area (Å²) in [5.41, 5.74) is 1.22. The molecule has 0 saturated heterocycles. The van der Waals surface area contributed by atoms with Crippen molar-refractivity contribution in [1.82, 2.24) is 0 Å². The Bertz CT molecular complexity index is 3500. The Kier molecular flexibility index (Phi) is 28.5. The van der Waals surface area contributed by atoms with Gasteiger partial charge in [0.05, 0.1) is 170 Å². The molecule has 28 nitrogen and oxygen atoms in total.